The van der Waals surface area contributed by atoms with Crippen LogP contribution in [0.3, 0.4) is 0 Å². The van der Waals surface area contributed by atoms with E-state index in [9.17, 15) is 4.91 Å². The van der Waals surface area contributed by atoms with Crippen molar-refractivity contribution >= 4 is 11.3 Å². The number of nitrogens with zero attached hydrogens (tertiary/aromatic N) is 4. The van der Waals surface area contributed by atoms with E-state index < -0.39 is 0 Å². The van der Waals surface area contributed by atoms with Crippen molar-refractivity contribution in [2.75, 3.05) is 0 Å². The summed E-state index contributed by atoms with van der Waals surface area (Å²) in [6.07, 6.45) is 0. The molecule has 0 bridgehead atoms. The fourth-order valence-corrected chi connectivity index (χ4v) is 0.466. The minimum atomic E-state index is -0.0463. The first-order valence-corrected chi connectivity index (χ1v) is 2.06. The Hall–Kier alpha value is -1.66. The lowest BCUT2D eigenvalue weighted by atomic mass is 10.8. The Balaban J connectivity index is 3.17. The molecule has 0 saturated heterocycles. The van der Waals surface area contributed by atoms with Crippen molar-refractivity contribution in [2.24, 2.45) is 0 Å². The Morgan fingerprint density at radius 2 is 2.44 bits per heavy atom. The molecule has 0 aliphatic carbocycles. The Morgan fingerprint density at radius 1 is 1.56 bits per heavy atom. The van der Waals surface area contributed by atoms with Crippen LogP contribution in [0.15, 0.2) is 9.26 Å². The maximum Gasteiger partial charge on any atom is 0.306 e. The fraction of sp³-hybridized carbons (Fsp3) is 0. The lowest BCUT2D eigenvalue weighted by Gasteiger charge is -1.59. The zero-order chi connectivity index (χ0) is 6.27. The van der Waals surface area contributed by atoms with Crippen molar-refractivity contribution in [1.29, 1.82) is 0 Å². The van der Waals surface area contributed by atoms with Gasteiger partial charge in [-0.05, 0) is 15.5 Å². The number of hydrogen-bond donors (Lipinski definition) is 0. The molecule has 2 aromatic heterocycles. The Bertz CT molecular complexity index is 368. The van der Waals surface area contributed by atoms with E-state index in [1.165, 1.54) is 0 Å². The van der Waals surface area contributed by atoms with Crippen molar-refractivity contribution in [3.05, 3.63) is 4.91 Å². The summed E-state index contributed by atoms with van der Waals surface area (Å²) in [6, 6.07) is 0. The summed E-state index contributed by atoms with van der Waals surface area (Å²) >= 11 is 0. The molecule has 0 aromatic carbocycles. The van der Waals surface area contributed by atoms with Crippen LogP contribution in [0.25, 0.3) is 11.3 Å². The molecule has 0 aliphatic rings. The predicted molar refractivity (Wildman–Crippen MR) is 20.8 cm³/mol. The quantitative estimate of drug-likeness (QED) is 0.437. The average Bonchev–Trinajstić information content (AvgIpc) is 2.35. The SMILES string of the molecule is O=[n+]1o[n-]c2nonc21. The van der Waals surface area contributed by atoms with Gasteiger partial charge in [0.15, 0.2) is 0 Å². The Kier molecular flexibility index (Phi) is 0.560. The van der Waals surface area contributed by atoms with E-state index in [1.807, 2.05) is 0 Å². The Labute approximate surface area is 46.7 Å². The van der Waals surface area contributed by atoms with Crippen LogP contribution >= 0.6 is 0 Å². The molecule has 9 heavy (non-hydrogen) atoms. The van der Waals surface area contributed by atoms with Crippen LogP contribution in [0.5, 0.6) is 0 Å². The highest BCUT2D eigenvalue weighted by Gasteiger charge is 2.06. The van der Waals surface area contributed by atoms with Gasteiger partial charge in [-0.1, -0.05) is 0 Å². The predicted octanol–water partition coefficient (Wildman–Crippen LogP) is -1.31. The second-order valence-electron chi connectivity index (χ2n) is 1.34. The van der Waals surface area contributed by atoms with Crippen LogP contribution < -0.4 is 9.76 Å². The highest BCUT2D eigenvalue weighted by molar-refractivity contribution is 5.56. The van der Waals surface area contributed by atoms with Crippen LogP contribution in [-0.4, -0.2) is 10.3 Å². The van der Waals surface area contributed by atoms with Crippen molar-refractivity contribution in [3.63, 3.8) is 0 Å². The fourth-order valence-electron chi connectivity index (χ4n) is 0.466. The van der Waals surface area contributed by atoms with Crippen molar-refractivity contribution < 1.29 is 13.9 Å². The van der Waals surface area contributed by atoms with Gasteiger partial charge in [0.05, 0.1) is 4.60 Å². The van der Waals surface area contributed by atoms with Gasteiger partial charge in [0.1, 0.15) is 0 Å². The third-order valence-corrected chi connectivity index (χ3v) is 0.829. The average molecular weight is 128 g/mol. The maximum atomic E-state index is 10.4. The molecule has 0 fully saturated rings. The molecule has 0 saturated carbocycles. The molecule has 2 heterocycles. The summed E-state index contributed by atoms with van der Waals surface area (Å²) in [5, 5.41) is 9.60. The summed E-state index contributed by atoms with van der Waals surface area (Å²) in [5.74, 6) is 0. The van der Waals surface area contributed by atoms with Gasteiger partial charge in [-0.3, -0.25) is 0 Å². The molecule has 2 aromatic rings. The Morgan fingerprint density at radius 3 is 3.22 bits per heavy atom. The number of aromatic nitrogens is 4. The smallest absolute Gasteiger partial charge is 0.240 e. The molecule has 7 nitrogen and oxygen atoms in total. The molecule has 46 valence electrons. The van der Waals surface area contributed by atoms with Gasteiger partial charge in [-0.25, -0.2) is 9.26 Å². The van der Waals surface area contributed by atoms with Crippen molar-refractivity contribution in [2.45, 2.75) is 0 Å². The van der Waals surface area contributed by atoms with Gasteiger partial charge in [-0.15, -0.1) is 4.91 Å². The lowest BCUT2D eigenvalue weighted by Crippen LogP contribution is -2.08. The summed E-state index contributed by atoms with van der Waals surface area (Å²) in [5.41, 5.74) is 0.0278. The summed E-state index contributed by atoms with van der Waals surface area (Å²) in [6.45, 7) is 0. The van der Waals surface area contributed by atoms with Crippen LogP contribution in [0, 0.1) is 4.91 Å². The molecular formula is C2N4O3. The largest absolute Gasteiger partial charge is 0.306 e. The van der Waals surface area contributed by atoms with E-state index in [0.717, 1.165) is 0 Å². The second-order valence-corrected chi connectivity index (χ2v) is 1.34. The first-order valence-electron chi connectivity index (χ1n) is 2.06. The third kappa shape index (κ3) is 0.397. The minimum Gasteiger partial charge on any atom is -0.240 e. The first kappa shape index (κ1) is 4.24. The summed E-state index contributed by atoms with van der Waals surface area (Å²) < 4.78 is 8.34. The monoisotopic (exact) mass is 128 g/mol. The molecule has 0 radical (unpaired) electrons. The highest BCUT2D eigenvalue weighted by atomic mass is 16.7. The van der Waals surface area contributed by atoms with E-state index >= 15 is 0 Å². The van der Waals surface area contributed by atoms with Gasteiger partial charge in [0.25, 0.3) is 5.65 Å². The summed E-state index contributed by atoms with van der Waals surface area (Å²) in [7, 11) is 0. The normalized spacial score (nSPS) is 10.7. The summed E-state index contributed by atoms with van der Waals surface area (Å²) in [4.78, 5) is 10.4. The number of hydrogen-bond acceptors (Lipinski definition) is 5. The van der Waals surface area contributed by atoms with E-state index in [0.29, 0.717) is 0 Å². The van der Waals surface area contributed by atoms with E-state index in [-0.39, 0.29) is 15.9 Å². The zero-order valence-corrected chi connectivity index (χ0v) is 4.01. The van der Waals surface area contributed by atoms with Gasteiger partial charge < -0.3 is 0 Å². The van der Waals surface area contributed by atoms with Crippen LogP contribution in [-0.2, 0) is 0 Å². The van der Waals surface area contributed by atoms with Gasteiger partial charge in [-0.2, -0.15) is 0 Å². The topological polar surface area (TPSA) is 89.1 Å². The van der Waals surface area contributed by atoms with E-state index in [1.54, 1.807) is 0 Å². The van der Waals surface area contributed by atoms with Crippen molar-refractivity contribution in [1.82, 2.24) is 15.5 Å². The van der Waals surface area contributed by atoms with Crippen LogP contribution in [0.4, 0.5) is 0 Å². The molecule has 7 heteroatoms. The van der Waals surface area contributed by atoms with Crippen LogP contribution in [0.2, 0.25) is 0 Å². The molecular weight excluding hydrogens is 128 g/mol. The molecule has 0 amide bonds. The second kappa shape index (κ2) is 1.19. The van der Waals surface area contributed by atoms with E-state index in [4.69, 9.17) is 0 Å². The lowest BCUT2D eigenvalue weighted by molar-refractivity contribution is -0.695. The minimum absolute atomic E-state index is 0.0463. The maximum absolute atomic E-state index is 10.4. The molecule has 0 atom stereocenters. The van der Waals surface area contributed by atoms with Crippen molar-refractivity contribution in [3.8, 4) is 0 Å². The highest BCUT2D eigenvalue weighted by Crippen LogP contribution is 1.93. The molecule has 0 unspecified atom stereocenters. The molecule has 2 rings (SSSR count). The zero-order valence-electron chi connectivity index (χ0n) is 4.01. The molecule has 0 aliphatic heterocycles. The van der Waals surface area contributed by atoms with Gasteiger partial charge in [0.2, 0.25) is 0 Å². The molecule has 0 N–H and O–H groups in total. The number of rotatable bonds is 0. The number of fused-ring (bicyclic) bond motifs is 1. The van der Waals surface area contributed by atoms with Gasteiger partial charge in [0, 0.05) is 0 Å². The van der Waals surface area contributed by atoms with Gasteiger partial charge >= 0.3 is 5.65 Å². The standard InChI is InChI=1S/C2N4O3/c7-6-2-1(4-9-6)3-8-5-2. The molecule has 0 spiro atoms. The third-order valence-electron chi connectivity index (χ3n) is 0.829. The first-order chi connectivity index (χ1) is 4.38. The van der Waals surface area contributed by atoms with Crippen LogP contribution in [0.1, 0.15) is 0 Å². The van der Waals surface area contributed by atoms with E-state index in [2.05, 4.69) is 24.7 Å².